The molecule has 5 heteroatoms. The molecule has 0 radical (unpaired) electrons. The third kappa shape index (κ3) is 3.30. The van der Waals surface area contributed by atoms with Gasteiger partial charge < -0.3 is 15.8 Å². The third-order valence-corrected chi connectivity index (χ3v) is 3.36. The topological polar surface area (TPSA) is 73.1 Å². The number of ether oxygens (including phenoxy) is 1. The minimum Gasteiger partial charge on any atom is -0.481 e. The monoisotopic (exact) mass is 236 g/mol. The Morgan fingerprint density at radius 1 is 1.41 bits per heavy atom. The van der Waals surface area contributed by atoms with Crippen LogP contribution in [-0.2, 0) is 0 Å². The highest BCUT2D eigenvalue weighted by Crippen LogP contribution is 2.23. The molecule has 1 heterocycles. The van der Waals surface area contributed by atoms with E-state index in [9.17, 15) is 0 Å². The Morgan fingerprint density at radius 3 is 3.00 bits per heavy atom. The molecular formula is C12H20N4O. The molecular weight excluding hydrogens is 216 g/mol. The maximum Gasteiger partial charge on any atom is 0.218 e. The Hall–Kier alpha value is -1.36. The van der Waals surface area contributed by atoms with Crippen molar-refractivity contribution in [1.29, 1.82) is 0 Å². The van der Waals surface area contributed by atoms with E-state index in [1.165, 1.54) is 25.6 Å². The Bertz CT molecular complexity index is 358. The van der Waals surface area contributed by atoms with Crippen LogP contribution in [0.1, 0.15) is 25.7 Å². The molecule has 0 aromatic carbocycles. The van der Waals surface area contributed by atoms with Crippen LogP contribution in [0.3, 0.4) is 0 Å². The number of rotatable bonds is 4. The number of anilines is 1. The van der Waals surface area contributed by atoms with E-state index in [4.69, 9.17) is 10.5 Å². The first-order chi connectivity index (χ1) is 8.29. The van der Waals surface area contributed by atoms with Crippen LogP contribution < -0.4 is 15.8 Å². The standard InChI is InChI=1S/C12H20N4O/c1-17-12-6-11(15-8-16-12)14-7-9-4-2-3-5-10(9)13/h6,8-10H,2-5,7,13H2,1H3,(H,14,15,16). The predicted molar refractivity (Wildman–Crippen MR) is 67.0 cm³/mol. The maximum atomic E-state index is 6.10. The highest BCUT2D eigenvalue weighted by atomic mass is 16.5. The molecule has 1 saturated carbocycles. The first-order valence-corrected chi connectivity index (χ1v) is 6.15. The highest BCUT2D eigenvalue weighted by molar-refractivity contribution is 5.37. The number of hydrogen-bond donors (Lipinski definition) is 2. The van der Waals surface area contributed by atoms with E-state index in [1.54, 1.807) is 13.2 Å². The lowest BCUT2D eigenvalue weighted by atomic mass is 9.85. The van der Waals surface area contributed by atoms with E-state index in [0.29, 0.717) is 17.8 Å². The Morgan fingerprint density at radius 2 is 2.24 bits per heavy atom. The number of methoxy groups -OCH3 is 1. The molecule has 0 saturated heterocycles. The first-order valence-electron chi connectivity index (χ1n) is 6.15. The average Bonchev–Trinajstić information content (AvgIpc) is 2.38. The van der Waals surface area contributed by atoms with Gasteiger partial charge >= 0.3 is 0 Å². The van der Waals surface area contributed by atoms with Gasteiger partial charge in [0.2, 0.25) is 5.88 Å². The van der Waals surface area contributed by atoms with Crippen molar-refractivity contribution >= 4 is 5.82 Å². The largest absolute Gasteiger partial charge is 0.481 e. The molecule has 0 amide bonds. The van der Waals surface area contributed by atoms with Gasteiger partial charge in [-0.3, -0.25) is 0 Å². The molecule has 0 aliphatic heterocycles. The summed E-state index contributed by atoms with van der Waals surface area (Å²) in [6.45, 7) is 0.876. The van der Waals surface area contributed by atoms with E-state index >= 15 is 0 Å². The molecule has 0 spiro atoms. The van der Waals surface area contributed by atoms with Gasteiger partial charge in [0.25, 0.3) is 0 Å². The van der Waals surface area contributed by atoms with Crippen molar-refractivity contribution in [1.82, 2.24) is 9.97 Å². The van der Waals surface area contributed by atoms with Crippen molar-refractivity contribution in [2.75, 3.05) is 19.0 Å². The fraction of sp³-hybridized carbons (Fsp3) is 0.667. The number of nitrogens with zero attached hydrogens (tertiary/aromatic N) is 2. The number of nitrogens with one attached hydrogen (secondary N) is 1. The van der Waals surface area contributed by atoms with Crippen molar-refractivity contribution in [3.05, 3.63) is 12.4 Å². The van der Waals surface area contributed by atoms with Crippen LogP contribution in [0.15, 0.2) is 12.4 Å². The summed E-state index contributed by atoms with van der Waals surface area (Å²) in [5.41, 5.74) is 6.10. The van der Waals surface area contributed by atoms with Crippen LogP contribution in [0.25, 0.3) is 0 Å². The lowest BCUT2D eigenvalue weighted by Crippen LogP contribution is -2.37. The van der Waals surface area contributed by atoms with Gasteiger partial charge in [-0.15, -0.1) is 0 Å². The lowest BCUT2D eigenvalue weighted by molar-refractivity contribution is 0.321. The van der Waals surface area contributed by atoms with Crippen molar-refractivity contribution in [3.8, 4) is 5.88 Å². The van der Waals surface area contributed by atoms with E-state index in [0.717, 1.165) is 18.8 Å². The second kappa shape index (κ2) is 5.82. The molecule has 94 valence electrons. The summed E-state index contributed by atoms with van der Waals surface area (Å²) in [5.74, 6) is 1.93. The third-order valence-electron chi connectivity index (χ3n) is 3.36. The molecule has 17 heavy (non-hydrogen) atoms. The molecule has 1 aromatic rings. The van der Waals surface area contributed by atoms with Crippen molar-refractivity contribution in [2.45, 2.75) is 31.7 Å². The zero-order valence-corrected chi connectivity index (χ0v) is 10.2. The molecule has 1 fully saturated rings. The van der Waals surface area contributed by atoms with Crippen molar-refractivity contribution < 1.29 is 4.74 Å². The van der Waals surface area contributed by atoms with E-state index < -0.39 is 0 Å². The average molecular weight is 236 g/mol. The summed E-state index contributed by atoms with van der Waals surface area (Å²) in [6.07, 6.45) is 6.39. The molecule has 0 bridgehead atoms. The molecule has 1 aliphatic rings. The van der Waals surface area contributed by atoms with Gasteiger partial charge in [-0.05, 0) is 18.8 Å². The fourth-order valence-electron chi connectivity index (χ4n) is 2.27. The fourth-order valence-corrected chi connectivity index (χ4v) is 2.27. The SMILES string of the molecule is COc1cc(NCC2CCCCC2N)ncn1. The second-order valence-corrected chi connectivity index (χ2v) is 4.53. The van der Waals surface area contributed by atoms with Crippen LogP contribution >= 0.6 is 0 Å². The molecule has 3 N–H and O–H groups in total. The molecule has 2 atom stereocenters. The maximum absolute atomic E-state index is 6.10. The van der Waals surface area contributed by atoms with Gasteiger partial charge in [-0.2, -0.15) is 0 Å². The van der Waals surface area contributed by atoms with E-state index in [2.05, 4.69) is 15.3 Å². The van der Waals surface area contributed by atoms with Crippen molar-refractivity contribution in [2.24, 2.45) is 11.7 Å². The molecule has 1 aromatic heterocycles. The molecule has 5 nitrogen and oxygen atoms in total. The molecule has 1 aliphatic carbocycles. The summed E-state index contributed by atoms with van der Waals surface area (Å²) in [5, 5.41) is 3.31. The summed E-state index contributed by atoms with van der Waals surface area (Å²) in [4.78, 5) is 8.12. The van der Waals surface area contributed by atoms with Crippen molar-refractivity contribution in [3.63, 3.8) is 0 Å². The minimum absolute atomic E-state index is 0.319. The summed E-state index contributed by atoms with van der Waals surface area (Å²) in [7, 11) is 1.60. The zero-order valence-electron chi connectivity index (χ0n) is 10.2. The smallest absolute Gasteiger partial charge is 0.218 e. The lowest BCUT2D eigenvalue weighted by Gasteiger charge is -2.28. The Kier molecular flexibility index (Phi) is 4.14. The number of hydrogen-bond acceptors (Lipinski definition) is 5. The minimum atomic E-state index is 0.319. The van der Waals surface area contributed by atoms with Crippen LogP contribution in [0.4, 0.5) is 5.82 Å². The predicted octanol–water partition coefficient (Wildman–Crippen LogP) is 1.41. The van der Waals surface area contributed by atoms with E-state index in [1.807, 2.05) is 0 Å². The van der Waals surface area contributed by atoms with Gasteiger partial charge in [0.15, 0.2) is 0 Å². The summed E-state index contributed by atoms with van der Waals surface area (Å²) in [6, 6.07) is 2.12. The normalized spacial score (nSPS) is 24.4. The van der Waals surface area contributed by atoms with Gasteiger partial charge in [0, 0.05) is 18.7 Å². The van der Waals surface area contributed by atoms with Gasteiger partial charge in [0.05, 0.1) is 7.11 Å². The van der Waals surface area contributed by atoms with Crippen LogP contribution in [-0.4, -0.2) is 29.7 Å². The van der Waals surface area contributed by atoms with Crippen LogP contribution in [0, 0.1) is 5.92 Å². The van der Waals surface area contributed by atoms with Gasteiger partial charge in [0.1, 0.15) is 12.1 Å². The van der Waals surface area contributed by atoms with Crippen LogP contribution in [0.2, 0.25) is 0 Å². The van der Waals surface area contributed by atoms with E-state index in [-0.39, 0.29) is 0 Å². The second-order valence-electron chi connectivity index (χ2n) is 4.53. The summed E-state index contributed by atoms with van der Waals surface area (Å²) >= 11 is 0. The Balaban J connectivity index is 1.88. The quantitative estimate of drug-likeness (QED) is 0.827. The number of nitrogens with two attached hydrogens (primary N) is 1. The van der Waals surface area contributed by atoms with Gasteiger partial charge in [-0.1, -0.05) is 12.8 Å². The molecule has 2 unspecified atom stereocenters. The number of aromatic nitrogens is 2. The molecule has 2 rings (SSSR count). The zero-order chi connectivity index (χ0) is 12.1. The Labute approximate surface area is 102 Å². The van der Waals surface area contributed by atoms with Crippen LogP contribution in [0.5, 0.6) is 5.88 Å². The summed E-state index contributed by atoms with van der Waals surface area (Å²) < 4.78 is 5.05. The first kappa shape index (κ1) is 12.1. The highest BCUT2D eigenvalue weighted by Gasteiger charge is 2.21. The van der Waals surface area contributed by atoms with Gasteiger partial charge in [-0.25, -0.2) is 9.97 Å².